The molecule has 17 heavy (non-hydrogen) atoms. The second-order valence-electron chi connectivity index (χ2n) is 4.89. The van der Waals surface area contributed by atoms with Gasteiger partial charge in [-0.2, -0.15) is 0 Å². The minimum absolute atomic E-state index is 0.688. The second-order valence-corrected chi connectivity index (χ2v) is 5.80. The second kappa shape index (κ2) is 4.79. The molecule has 1 saturated carbocycles. The molecule has 0 amide bonds. The molecule has 0 aliphatic heterocycles. The molecule has 1 aromatic carbocycles. The number of likely N-dealkylation sites (N-methyl/N-ethyl adjacent to an activating group) is 1. The van der Waals surface area contributed by atoms with Crippen LogP contribution in [0.25, 0.3) is 10.1 Å². The van der Waals surface area contributed by atoms with E-state index >= 15 is 0 Å². The smallest absolute Gasteiger partial charge is 0.0378 e. The standard InChI is InChI=1S/C15H19NS/c1-2-16-14-8-4-6-12(14)13-7-3-5-11-9-10-17-15(11)13/h3,5,7,9-10,12,14,16H,2,4,6,8H2,1H3. The molecule has 0 saturated heterocycles. The maximum Gasteiger partial charge on any atom is 0.0378 e. The van der Waals surface area contributed by atoms with Crippen LogP contribution < -0.4 is 5.32 Å². The molecule has 3 rings (SSSR count). The molecule has 1 N–H and O–H groups in total. The zero-order valence-electron chi connectivity index (χ0n) is 10.3. The van der Waals surface area contributed by atoms with E-state index < -0.39 is 0 Å². The average molecular weight is 245 g/mol. The highest BCUT2D eigenvalue weighted by Crippen LogP contribution is 2.39. The van der Waals surface area contributed by atoms with Gasteiger partial charge in [-0.1, -0.05) is 31.5 Å². The van der Waals surface area contributed by atoms with Crippen LogP contribution in [0.5, 0.6) is 0 Å². The molecule has 2 atom stereocenters. The minimum atomic E-state index is 0.688. The van der Waals surface area contributed by atoms with Gasteiger partial charge < -0.3 is 5.32 Å². The summed E-state index contributed by atoms with van der Waals surface area (Å²) in [6.07, 6.45) is 4.04. The third-order valence-corrected chi connectivity index (χ3v) is 4.87. The summed E-state index contributed by atoms with van der Waals surface area (Å²) in [5.41, 5.74) is 1.57. The highest BCUT2D eigenvalue weighted by molar-refractivity contribution is 7.17. The normalized spacial score (nSPS) is 24.5. The van der Waals surface area contributed by atoms with Gasteiger partial charge in [0.25, 0.3) is 0 Å². The Morgan fingerprint density at radius 1 is 1.29 bits per heavy atom. The molecule has 0 spiro atoms. The van der Waals surface area contributed by atoms with Gasteiger partial charge >= 0.3 is 0 Å². The first kappa shape index (κ1) is 11.2. The van der Waals surface area contributed by atoms with Crippen molar-refractivity contribution in [3.8, 4) is 0 Å². The minimum Gasteiger partial charge on any atom is -0.314 e. The van der Waals surface area contributed by atoms with Gasteiger partial charge in [-0.25, -0.2) is 0 Å². The lowest BCUT2D eigenvalue weighted by Crippen LogP contribution is -2.30. The molecule has 2 unspecified atom stereocenters. The van der Waals surface area contributed by atoms with Crippen molar-refractivity contribution in [2.45, 2.75) is 38.1 Å². The Bertz CT molecular complexity index is 502. The summed E-state index contributed by atoms with van der Waals surface area (Å²) in [5.74, 6) is 0.720. The first-order valence-corrected chi connectivity index (χ1v) is 7.47. The third kappa shape index (κ3) is 2.00. The number of fused-ring (bicyclic) bond motifs is 1. The molecule has 2 aromatic rings. The van der Waals surface area contributed by atoms with Crippen LogP contribution in [0.15, 0.2) is 29.6 Å². The number of hydrogen-bond donors (Lipinski definition) is 1. The molecule has 90 valence electrons. The Morgan fingerprint density at radius 3 is 3.12 bits per heavy atom. The van der Waals surface area contributed by atoms with Crippen LogP contribution in [0, 0.1) is 0 Å². The Labute approximate surface area is 107 Å². The summed E-state index contributed by atoms with van der Waals surface area (Å²) >= 11 is 1.89. The molecular weight excluding hydrogens is 226 g/mol. The van der Waals surface area contributed by atoms with E-state index in [-0.39, 0.29) is 0 Å². The quantitative estimate of drug-likeness (QED) is 0.856. The van der Waals surface area contributed by atoms with E-state index in [1.54, 1.807) is 5.56 Å². The maximum atomic E-state index is 3.65. The fourth-order valence-electron chi connectivity index (χ4n) is 3.15. The van der Waals surface area contributed by atoms with Gasteiger partial charge in [-0.15, -0.1) is 11.3 Å². The maximum absolute atomic E-state index is 3.65. The van der Waals surface area contributed by atoms with Gasteiger partial charge in [0.15, 0.2) is 0 Å². The van der Waals surface area contributed by atoms with Crippen LogP contribution in [0.4, 0.5) is 0 Å². The molecule has 0 bridgehead atoms. The van der Waals surface area contributed by atoms with E-state index in [9.17, 15) is 0 Å². The number of benzene rings is 1. The molecule has 1 aliphatic carbocycles. The van der Waals surface area contributed by atoms with Crippen molar-refractivity contribution < 1.29 is 0 Å². The monoisotopic (exact) mass is 245 g/mol. The van der Waals surface area contributed by atoms with Crippen molar-refractivity contribution in [2.75, 3.05) is 6.54 Å². The van der Waals surface area contributed by atoms with Gasteiger partial charge in [0.05, 0.1) is 0 Å². The first-order chi connectivity index (χ1) is 8.40. The van der Waals surface area contributed by atoms with E-state index in [0.717, 1.165) is 12.5 Å². The van der Waals surface area contributed by atoms with Gasteiger partial charge in [-0.05, 0) is 41.8 Å². The molecule has 1 heterocycles. The SMILES string of the molecule is CCNC1CCCC1c1cccc2ccsc12. The fourth-order valence-corrected chi connectivity index (χ4v) is 4.13. The average Bonchev–Trinajstić information content (AvgIpc) is 2.96. The highest BCUT2D eigenvalue weighted by atomic mass is 32.1. The zero-order chi connectivity index (χ0) is 11.7. The van der Waals surface area contributed by atoms with Crippen LogP contribution in [-0.4, -0.2) is 12.6 Å². The Morgan fingerprint density at radius 2 is 2.24 bits per heavy atom. The van der Waals surface area contributed by atoms with Crippen molar-refractivity contribution in [3.05, 3.63) is 35.2 Å². The van der Waals surface area contributed by atoms with Gasteiger partial charge in [0.1, 0.15) is 0 Å². The molecule has 1 aromatic heterocycles. The summed E-state index contributed by atoms with van der Waals surface area (Å²) in [4.78, 5) is 0. The Kier molecular flexibility index (Phi) is 3.17. The van der Waals surface area contributed by atoms with Gasteiger partial charge in [0, 0.05) is 16.7 Å². The van der Waals surface area contributed by atoms with E-state index in [4.69, 9.17) is 0 Å². The summed E-state index contributed by atoms with van der Waals surface area (Å²) in [6, 6.07) is 9.70. The Balaban J connectivity index is 1.99. The van der Waals surface area contributed by atoms with Crippen LogP contribution in [0.3, 0.4) is 0 Å². The largest absolute Gasteiger partial charge is 0.314 e. The first-order valence-electron chi connectivity index (χ1n) is 6.59. The molecule has 2 heteroatoms. The van der Waals surface area contributed by atoms with E-state index in [1.807, 2.05) is 11.3 Å². The summed E-state index contributed by atoms with van der Waals surface area (Å²) in [6.45, 7) is 3.29. The molecular formula is C15H19NS. The lowest BCUT2D eigenvalue weighted by atomic mass is 9.93. The van der Waals surface area contributed by atoms with Crippen LogP contribution in [-0.2, 0) is 0 Å². The predicted octanol–water partition coefficient (Wildman–Crippen LogP) is 4.15. The lowest BCUT2D eigenvalue weighted by molar-refractivity contribution is 0.495. The lowest BCUT2D eigenvalue weighted by Gasteiger charge is -2.21. The van der Waals surface area contributed by atoms with E-state index in [2.05, 4.69) is 41.9 Å². The molecule has 1 fully saturated rings. The molecule has 1 nitrogen and oxygen atoms in total. The molecule has 1 aliphatic rings. The van der Waals surface area contributed by atoms with Crippen LogP contribution >= 0.6 is 11.3 Å². The summed E-state index contributed by atoms with van der Waals surface area (Å²) < 4.78 is 1.50. The van der Waals surface area contributed by atoms with Crippen molar-refractivity contribution in [3.63, 3.8) is 0 Å². The van der Waals surface area contributed by atoms with Crippen molar-refractivity contribution in [1.29, 1.82) is 0 Å². The third-order valence-electron chi connectivity index (χ3n) is 3.89. The summed E-state index contributed by atoms with van der Waals surface area (Å²) in [5, 5.41) is 7.28. The van der Waals surface area contributed by atoms with Crippen LogP contribution in [0.2, 0.25) is 0 Å². The van der Waals surface area contributed by atoms with Crippen LogP contribution in [0.1, 0.15) is 37.7 Å². The number of nitrogens with one attached hydrogen (secondary N) is 1. The fraction of sp³-hybridized carbons (Fsp3) is 0.467. The highest BCUT2D eigenvalue weighted by Gasteiger charge is 2.28. The number of thiophene rings is 1. The van der Waals surface area contributed by atoms with Gasteiger partial charge in [-0.3, -0.25) is 0 Å². The number of rotatable bonds is 3. The number of hydrogen-bond acceptors (Lipinski definition) is 2. The van der Waals surface area contributed by atoms with Crippen molar-refractivity contribution in [2.24, 2.45) is 0 Å². The topological polar surface area (TPSA) is 12.0 Å². The van der Waals surface area contributed by atoms with Crippen molar-refractivity contribution in [1.82, 2.24) is 5.32 Å². The van der Waals surface area contributed by atoms with E-state index in [1.165, 1.54) is 29.3 Å². The Hall–Kier alpha value is -0.860. The van der Waals surface area contributed by atoms with Crippen molar-refractivity contribution >= 4 is 21.4 Å². The van der Waals surface area contributed by atoms with E-state index in [0.29, 0.717) is 6.04 Å². The zero-order valence-corrected chi connectivity index (χ0v) is 11.1. The summed E-state index contributed by atoms with van der Waals surface area (Å²) in [7, 11) is 0. The van der Waals surface area contributed by atoms with Gasteiger partial charge in [0.2, 0.25) is 0 Å². The predicted molar refractivity (Wildman–Crippen MR) is 75.9 cm³/mol. The molecule has 0 radical (unpaired) electrons.